The number of amides is 1. The van der Waals surface area contributed by atoms with Crippen LogP contribution in [0.2, 0.25) is 0 Å². The first-order valence-electron chi connectivity index (χ1n) is 6.99. The number of nitrogens with zero attached hydrogens (tertiary/aromatic N) is 3. The van der Waals surface area contributed by atoms with Crippen LogP contribution >= 0.6 is 0 Å². The highest BCUT2D eigenvalue weighted by Gasteiger charge is 2.22. The molecule has 0 fully saturated rings. The third-order valence-electron chi connectivity index (χ3n) is 3.60. The van der Waals surface area contributed by atoms with Crippen LogP contribution < -0.4 is 0 Å². The number of rotatable bonds is 5. The smallest absolute Gasteiger partial charge is 0.257 e. The lowest BCUT2D eigenvalue weighted by Gasteiger charge is -2.22. The molecule has 5 heteroatoms. The van der Waals surface area contributed by atoms with Gasteiger partial charge in [0.2, 0.25) is 0 Å². The van der Waals surface area contributed by atoms with Crippen molar-refractivity contribution in [2.75, 3.05) is 13.2 Å². The number of aryl methyl sites for hydroxylation is 2. The number of carbonyl (C=O) groups excluding carboxylic acids is 1. The molecule has 1 heterocycles. The van der Waals surface area contributed by atoms with Gasteiger partial charge in [0.25, 0.3) is 5.91 Å². The lowest BCUT2D eigenvalue weighted by molar-refractivity contribution is 0.0706. The first-order chi connectivity index (χ1) is 10.0. The van der Waals surface area contributed by atoms with Crippen LogP contribution in [0.5, 0.6) is 0 Å². The van der Waals surface area contributed by atoms with E-state index in [9.17, 15) is 9.90 Å². The summed E-state index contributed by atoms with van der Waals surface area (Å²) >= 11 is 0. The molecule has 0 saturated heterocycles. The monoisotopic (exact) mass is 287 g/mol. The highest BCUT2D eigenvalue weighted by atomic mass is 16.3. The van der Waals surface area contributed by atoms with Crippen molar-refractivity contribution in [1.82, 2.24) is 14.7 Å². The van der Waals surface area contributed by atoms with E-state index in [1.54, 1.807) is 9.58 Å². The van der Waals surface area contributed by atoms with Crippen molar-refractivity contribution < 1.29 is 9.90 Å². The quantitative estimate of drug-likeness (QED) is 0.910. The Morgan fingerprint density at radius 1 is 1.29 bits per heavy atom. The van der Waals surface area contributed by atoms with Gasteiger partial charge in [0.05, 0.1) is 17.9 Å². The van der Waals surface area contributed by atoms with Crippen LogP contribution in [-0.4, -0.2) is 38.8 Å². The third kappa shape index (κ3) is 3.31. The topological polar surface area (TPSA) is 58.4 Å². The molecule has 1 aromatic heterocycles. The molecule has 0 atom stereocenters. The molecule has 21 heavy (non-hydrogen) atoms. The van der Waals surface area contributed by atoms with Crippen molar-refractivity contribution in [3.63, 3.8) is 0 Å². The van der Waals surface area contributed by atoms with Crippen LogP contribution in [-0.2, 0) is 13.6 Å². The Morgan fingerprint density at radius 2 is 1.95 bits per heavy atom. The zero-order valence-corrected chi connectivity index (χ0v) is 12.7. The highest BCUT2D eigenvalue weighted by molar-refractivity contribution is 5.96. The minimum absolute atomic E-state index is 0.0586. The first-order valence-corrected chi connectivity index (χ1v) is 6.99. The van der Waals surface area contributed by atoms with Crippen LogP contribution in [0.4, 0.5) is 0 Å². The average molecular weight is 287 g/mol. The second-order valence-corrected chi connectivity index (χ2v) is 5.11. The van der Waals surface area contributed by atoms with Gasteiger partial charge in [-0.15, -0.1) is 0 Å². The summed E-state index contributed by atoms with van der Waals surface area (Å²) in [6.07, 6.45) is 0. The molecule has 0 saturated carbocycles. The van der Waals surface area contributed by atoms with E-state index in [0.29, 0.717) is 18.7 Å². The summed E-state index contributed by atoms with van der Waals surface area (Å²) in [5, 5.41) is 13.5. The Morgan fingerprint density at radius 3 is 2.48 bits per heavy atom. The summed E-state index contributed by atoms with van der Waals surface area (Å²) in [7, 11) is 1.83. The summed E-state index contributed by atoms with van der Waals surface area (Å²) < 4.78 is 1.71. The molecule has 2 rings (SSSR count). The molecule has 1 aromatic carbocycles. The molecule has 1 amide bonds. The summed E-state index contributed by atoms with van der Waals surface area (Å²) in [5.74, 6) is -0.0870. The van der Waals surface area contributed by atoms with Crippen molar-refractivity contribution in [1.29, 1.82) is 0 Å². The lowest BCUT2D eigenvalue weighted by atomic mass is 10.1. The minimum Gasteiger partial charge on any atom is -0.395 e. The summed E-state index contributed by atoms with van der Waals surface area (Å²) in [6, 6.07) is 9.77. The van der Waals surface area contributed by atoms with E-state index >= 15 is 0 Å². The zero-order chi connectivity index (χ0) is 15.4. The van der Waals surface area contributed by atoms with Crippen molar-refractivity contribution in [3.05, 3.63) is 52.8 Å². The molecule has 0 aliphatic carbocycles. The SMILES string of the molecule is Cc1nn(C)c(C)c1C(=O)N(CCO)Cc1ccccc1. The number of aliphatic hydroxyl groups is 1. The molecule has 0 bridgehead atoms. The van der Waals surface area contributed by atoms with Gasteiger partial charge in [-0.1, -0.05) is 30.3 Å². The molecule has 112 valence electrons. The fraction of sp³-hybridized carbons (Fsp3) is 0.375. The van der Waals surface area contributed by atoms with Crippen LogP contribution in [0, 0.1) is 13.8 Å². The summed E-state index contributed by atoms with van der Waals surface area (Å²) in [6.45, 7) is 4.44. The van der Waals surface area contributed by atoms with Crippen molar-refractivity contribution in [3.8, 4) is 0 Å². The average Bonchev–Trinajstić information content (AvgIpc) is 2.72. The zero-order valence-electron chi connectivity index (χ0n) is 12.7. The van der Waals surface area contributed by atoms with Gasteiger partial charge in [-0.3, -0.25) is 9.48 Å². The maximum atomic E-state index is 12.8. The fourth-order valence-corrected chi connectivity index (χ4v) is 2.42. The molecule has 2 aromatic rings. The summed E-state index contributed by atoms with van der Waals surface area (Å²) in [4.78, 5) is 14.4. The largest absolute Gasteiger partial charge is 0.395 e. The van der Waals surface area contributed by atoms with Gasteiger partial charge in [-0.25, -0.2) is 0 Å². The van der Waals surface area contributed by atoms with Gasteiger partial charge in [0.1, 0.15) is 0 Å². The van der Waals surface area contributed by atoms with Crippen LogP contribution in [0.1, 0.15) is 27.3 Å². The van der Waals surface area contributed by atoms with Gasteiger partial charge in [-0.2, -0.15) is 5.10 Å². The predicted octanol–water partition coefficient (Wildman–Crippen LogP) is 1.67. The molecule has 1 N–H and O–H groups in total. The predicted molar refractivity (Wildman–Crippen MR) is 81.0 cm³/mol. The second-order valence-electron chi connectivity index (χ2n) is 5.11. The minimum atomic E-state index is -0.0870. The van der Waals surface area contributed by atoms with Gasteiger partial charge >= 0.3 is 0 Å². The van der Waals surface area contributed by atoms with Crippen LogP contribution in [0.15, 0.2) is 30.3 Å². The van der Waals surface area contributed by atoms with E-state index in [-0.39, 0.29) is 12.5 Å². The number of aliphatic hydroxyl groups excluding tert-OH is 1. The lowest BCUT2D eigenvalue weighted by Crippen LogP contribution is -2.33. The molecule has 0 radical (unpaired) electrons. The normalized spacial score (nSPS) is 10.7. The first kappa shape index (κ1) is 15.3. The Kier molecular flexibility index (Phi) is 4.75. The van der Waals surface area contributed by atoms with Crippen molar-refractivity contribution >= 4 is 5.91 Å². The molecule has 0 spiro atoms. The molecular formula is C16H21N3O2. The van der Waals surface area contributed by atoms with Gasteiger partial charge in [-0.05, 0) is 19.4 Å². The van der Waals surface area contributed by atoms with Crippen molar-refractivity contribution in [2.45, 2.75) is 20.4 Å². The molecular weight excluding hydrogens is 266 g/mol. The number of hydrogen-bond acceptors (Lipinski definition) is 3. The third-order valence-corrected chi connectivity index (χ3v) is 3.60. The van der Waals surface area contributed by atoms with E-state index < -0.39 is 0 Å². The number of carbonyl (C=O) groups is 1. The van der Waals surface area contributed by atoms with E-state index in [0.717, 1.165) is 17.0 Å². The number of aromatic nitrogens is 2. The maximum absolute atomic E-state index is 12.8. The Hall–Kier alpha value is -2.14. The molecule has 0 unspecified atom stereocenters. The fourth-order valence-electron chi connectivity index (χ4n) is 2.42. The van der Waals surface area contributed by atoms with E-state index in [1.807, 2.05) is 51.2 Å². The number of hydrogen-bond donors (Lipinski definition) is 1. The van der Waals surface area contributed by atoms with Crippen molar-refractivity contribution in [2.24, 2.45) is 7.05 Å². The Balaban J connectivity index is 2.27. The Labute approximate surface area is 124 Å². The van der Waals surface area contributed by atoms with Gasteiger partial charge in [0.15, 0.2) is 0 Å². The van der Waals surface area contributed by atoms with Gasteiger partial charge in [0, 0.05) is 25.8 Å². The van der Waals surface area contributed by atoms with Crippen LogP contribution in [0.25, 0.3) is 0 Å². The van der Waals surface area contributed by atoms with E-state index in [1.165, 1.54) is 0 Å². The molecule has 0 aliphatic heterocycles. The van der Waals surface area contributed by atoms with Crippen LogP contribution in [0.3, 0.4) is 0 Å². The Bertz CT molecular complexity index is 620. The molecule has 5 nitrogen and oxygen atoms in total. The molecule has 0 aliphatic rings. The maximum Gasteiger partial charge on any atom is 0.257 e. The summed E-state index contributed by atoms with van der Waals surface area (Å²) in [5.41, 5.74) is 3.23. The van der Waals surface area contributed by atoms with E-state index in [4.69, 9.17) is 0 Å². The number of benzene rings is 1. The highest BCUT2D eigenvalue weighted by Crippen LogP contribution is 2.16. The standard InChI is InChI=1S/C16H21N3O2/c1-12-15(13(2)18(3)17-12)16(21)19(9-10-20)11-14-7-5-4-6-8-14/h4-8,20H,9-11H2,1-3H3. The van der Waals surface area contributed by atoms with E-state index in [2.05, 4.69) is 5.10 Å². The second kappa shape index (κ2) is 6.54. The van der Waals surface area contributed by atoms with Gasteiger partial charge < -0.3 is 10.0 Å².